The van der Waals surface area contributed by atoms with E-state index in [0.29, 0.717) is 22.3 Å². The maximum Gasteiger partial charge on any atom is 0.296 e. The number of ether oxygens (including phenoxy) is 1. The third-order valence-corrected chi connectivity index (χ3v) is 6.16. The van der Waals surface area contributed by atoms with E-state index in [0.717, 1.165) is 11.8 Å². The van der Waals surface area contributed by atoms with Crippen molar-refractivity contribution in [1.29, 1.82) is 0 Å². The SMILES string of the molecule is COc1ccc(NC(=O)CSc2nnc([C@H](NC(=O)c3ccccc3)C(C)C)n2C)c([N+](=O)[O-])c1. The number of methoxy groups -OCH3 is 1. The zero-order valence-corrected chi connectivity index (χ0v) is 20.5. The summed E-state index contributed by atoms with van der Waals surface area (Å²) in [6.07, 6.45) is 0. The van der Waals surface area contributed by atoms with Gasteiger partial charge in [-0.3, -0.25) is 19.7 Å². The van der Waals surface area contributed by atoms with Crippen LogP contribution in [-0.2, 0) is 11.8 Å². The molecule has 0 aliphatic heterocycles. The lowest BCUT2D eigenvalue weighted by atomic mass is 10.0. The fraction of sp³-hybridized carbons (Fsp3) is 0.304. The predicted octanol–water partition coefficient (Wildman–Crippen LogP) is 3.59. The Morgan fingerprint density at radius 3 is 2.51 bits per heavy atom. The van der Waals surface area contributed by atoms with Gasteiger partial charge in [-0.2, -0.15) is 0 Å². The van der Waals surface area contributed by atoms with Crippen molar-refractivity contribution >= 4 is 35.0 Å². The Kier molecular flexibility index (Phi) is 8.42. The first-order valence-electron chi connectivity index (χ1n) is 10.7. The number of nitrogens with one attached hydrogen (secondary N) is 2. The van der Waals surface area contributed by atoms with Gasteiger partial charge in [0.1, 0.15) is 11.4 Å². The van der Waals surface area contributed by atoms with Crippen LogP contribution in [0.1, 0.15) is 36.1 Å². The molecule has 0 saturated heterocycles. The first kappa shape index (κ1) is 25.7. The minimum atomic E-state index is -0.587. The summed E-state index contributed by atoms with van der Waals surface area (Å²) in [7, 11) is 3.16. The van der Waals surface area contributed by atoms with E-state index in [1.54, 1.807) is 35.9 Å². The van der Waals surface area contributed by atoms with Crippen molar-refractivity contribution in [2.24, 2.45) is 13.0 Å². The number of benzene rings is 2. The van der Waals surface area contributed by atoms with Crippen LogP contribution in [0.25, 0.3) is 0 Å². The summed E-state index contributed by atoms with van der Waals surface area (Å²) >= 11 is 1.13. The Morgan fingerprint density at radius 1 is 1.17 bits per heavy atom. The lowest BCUT2D eigenvalue weighted by Gasteiger charge is -2.21. The fourth-order valence-electron chi connectivity index (χ4n) is 3.28. The molecule has 3 rings (SSSR count). The van der Waals surface area contributed by atoms with E-state index >= 15 is 0 Å². The number of aromatic nitrogens is 3. The van der Waals surface area contributed by atoms with E-state index < -0.39 is 16.9 Å². The number of nitro benzene ring substituents is 1. The number of amides is 2. The van der Waals surface area contributed by atoms with Crippen molar-refractivity contribution in [3.8, 4) is 5.75 Å². The topological polar surface area (TPSA) is 141 Å². The molecule has 2 N–H and O–H groups in total. The number of hydrogen-bond donors (Lipinski definition) is 2. The van der Waals surface area contributed by atoms with Gasteiger partial charge in [-0.05, 0) is 30.2 Å². The first-order valence-corrected chi connectivity index (χ1v) is 11.7. The van der Waals surface area contributed by atoms with Crippen LogP contribution in [0.3, 0.4) is 0 Å². The molecule has 1 atom stereocenters. The highest BCUT2D eigenvalue weighted by Gasteiger charge is 2.25. The summed E-state index contributed by atoms with van der Waals surface area (Å²) in [6, 6.07) is 12.7. The summed E-state index contributed by atoms with van der Waals surface area (Å²) in [6.45, 7) is 3.93. The molecule has 12 heteroatoms. The van der Waals surface area contributed by atoms with E-state index in [-0.39, 0.29) is 29.0 Å². The number of anilines is 1. The molecule has 0 aliphatic rings. The molecule has 0 unspecified atom stereocenters. The van der Waals surface area contributed by atoms with Crippen molar-refractivity contribution in [2.75, 3.05) is 18.2 Å². The molecule has 0 aliphatic carbocycles. The number of nitro groups is 1. The molecule has 0 radical (unpaired) electrons. The Morgan fingerprint density at radius 2 is 1.89 bits per heavy atom. The van der Waals surface area contributed by atoms with Crippen molar-refractivity contribution in [3.05, 3.63) is 70.0 Å². The molecule has 2 aromatic carbocycles. The number of carbonyl (C=O) groups is 2. The van der Waals surface area contributed by atoms with Crippen LogP contribution in [0.4, 0.5) is 11.4 Å². The van der Waals surface area contributed by atoms with Gasteiger partial charge in [0.05, 0.1) is 29.9 Å². The van der Waals surface area contributed by atoms with Gasteiger partial charge in [0, 0.05) is 12.6 Å². The molecule has 3 aromatic rings. The molecule has 0 saturated carbocycles. The summed E-state index contributed by atoms with van der Waals surface area (Å²) in [4.78, 5) is 35.9. The molecule has 0 spiro atoms. The van der Waals surface area contributed by atoms with Gasteiger partial charge >= 0.3 is 0 Å². The van der Waals surface area contributed by atoms with E-state index in [1.165, 1.54) is 25.3 Å². The zero-order chi connectivity index (χ0) is 25.5. The van der Waals surface area contributed by atoms with Gasteiger partial charge in [0.2, 0.25) is 5.91 Å². The second-order valence-corrected chi connectivity index (χ2v) is 8.88. The fourth-order valence-corrected chi connectivity index (χ4v) is 4.00. The lowest BCUT2D eigenvalue weighted by molar-refractivity contribution is -0.384. The molecular formula is C23H26N6O5S. The van der Waals surface area contributed by atoms with Gasteiger partial charge < -0.3 is 19.9 Å². The number of thioether (sulfide) groups is 1. The van der Waals surface area contributed by atoms with Crippen LogP contribution >= 0.6 is 11.8 Å². The number of rotatable bonds is 10. The first-order chi connectivity index (χ1) is 16.7. The average Bonchev–Trinajstić information content (AvgIpc) is 3.21. The molecular weight excluding hydrogens is 472 g/mol. The van der Waals surface area contributed by atoms with Gasteiger partial charge in [-0.25, -0.2) is 0 Å². The van der Waals surface area contributed by atoms with Gasteiger partial charge in [-0.1, -0.05) is 43.8 Å². The van der Waals surface area contributed by atoms with Gasteiger partial charge in [0.25, 0.3) is 11.6 Å². The Labute approximate surface area is 206 Å². The smallest absolute Gasteiger partial charge is 0.296 e. The maximum atomic E-state index is 12.7. The minimum absolute atomic E-state index is 0.0299. The monoisotopic (exact) mass is 498 g/mol. The van der Waals surface area contributed by atoms with Gasteiger partial charge in [-0.15, -0.1) is 10.2 Å². The normalized spacial score (nSPS) is 11.7. The molecule has 0 fully saturated rings. The van der Waals surface area contributed by atoms with E-state index in [1.807, 2.05) is 19.9 Å². The van der Waals surface area contributed by atoms with Crippen LogP contribution in [0.15, 0.2) is 53.7 Å². The third-order valence-electron chi connectivity index (χ3n) is 5.14. The molecule has 35 heavy (non-hydrogen) atoms. The predicted molar refractivity (Wildman–Crippen MR) is 131 cm³/mol. The molecule has 0 bridgehead atoms. The quantitative estimate of drug-likeness (QED) is 0.245. The molecule has 11 nitrogen and oxygen atoms in total. The maximum absolute atomic E-state index is 12.7. The molecule has 1 aromatic heterocycles. The second-order valence-electron chi connectivity index (χ2n) is 7.94. The van der Waals surface area contributed by atoms with E-state index in [4.69, 9.17) is 4.74 Å². The van der Waals surface area contributed by atoms with Crippen LogP contribution in [-0.4, -0.2) is 44.4 Å². The molecule has 184 valence electrons. The van der Waals surface area contributed by atoms with Crippen molar-refractivity contribution in [1.82, 2.24) is 20.1 Å². The van der Waals surface area contributed by atoms with E-state index in [9.17, 15) is 19.7 Å². The molecule has 1 heterocycles. The summed E-state index contributed by atoms with van der Waals surface area (Å²) in [5, 5.41) is 25.8. The van der Waals surface area contributed by atoms with Crippen molar-refractivity contribution < 1.29 is 19.2 Å². The number of hydrogen-bond acceptors (Lipinski definition) is 8. The Bertz CT molecular complexity index is 1210. The Hall–Kier alpha value is -3.93. The van der Waals surface area contributed by atoms with Crippen LogP contribution < -0.4 is 15.4 Å². The number of nitrogens with zero attached hydrogens (tertiary/aromatic N) is 4. The second kappa shape index (κ2) is 11.5. The van der Waals surface area contributed by atoms with Gasteiger partial charge in [0.15, 0.2) is 11.0 Å². The van der Waals surface area contributed by atoms with Crippen LogP contribution in [0, 0.1) is 16.0 Å². The third kappa shape index (κ3) is 6.35. The van der Waals surface area contributed by atoms with E-state index in [2.05, 4.69) is 20.8 Å². The lowest BCUT2D eigenvalue weighted by Crippen LogP contribution is -2.33. The van der Waals surface area contributed by atoms with Crippen LogP contribution in [0.2, 0.25) is 0 Å². The molecule has 2 amide bonds. The average molecular weight is 499 g/mol. The highest BCUT2D eigenvalue weighted by Crippen LogP contribution is 2.29. The minimum Gasteiger partial charge on any atom is -0.496 e. The van der Waals surface area contributed by atoms with Crippen molar-refractivity contribution in [3.63, 3.8) is 0 Å². The standard InChI is InChI=1S/C23H26N6O5S/c1-14(2)20(25-22(31)15-8-6-5-7-9-15)21-26-27-23(28(21)3)35-13-19(30)24-17-11-10-16(34-4)12-18(17)29(32)33/h5-12,14,20H,13H2,1-4H3,(H,24,30)(H,25,31)/t20-/m1/s1. The highest BCUT2D eigenvalue weighted by molar-refractivity contribution is 7.99. The highest BCUT2D eigenvalue weighted by atomic mass is 32.2. The number of carbonyl (C=O) groups excluding carboxylic acids is 2. The summed E-state index contributed by atoms with van der Waals surface area (Å²) in [5.74, 6) is 0.195. The Balaban J connectivity index is 1.68. The van der Waals surface area contributed by atoms with Crippen molar-refractivity contribution in [2.45, 2.75) is 25.0 Å². The largest absolute Gasteiger partial charge is 0.496 e. The summed E-state index contributed by atoms with van der Waals surface area (Å²) in [5.41, 5.74) is 0.348. The zero-order valence-electron chi connectivity index (χ0n) is 19.7. The summed E-state index contributed by atoms with van der Waals surface area (Å²) < 4.78 is 6.73. The van der Waals surface area contributed by atoms with Crippen LogP contribution in [0.5, 0.6) is 5.75 Å².